The van der Waals surface area contributed by atoms with Gasteiger partial charge in [0.15, 0.2) is 0 Å². The molecule has 0 bridgehead atoms. The van der Waals surface area contributed by atoms with Crippen LogP contribution in [0.2, 0.25) is 0 Å². The molecule has 1 aliphatic carbocycles. The summed E-state index contributed by atoms with van der Waals surface area (Å²) in [5.41, 5.74) is 2.42. The Morgan fingerprint density at radius 2 is 1.81 bits per heavy atom. The van der Waals surface area contributed by atoms with Gasteiger partial charge in [0.05, 0.1) is 0 Å². The SMILES string of the molecule is [C-]#[N+]c1c(C(=O)OC2C(C)CC(C)CC2C)c2[nH]c(-c3ccc(C)cc3)nn2[c]1[Co](=[O])[N]1CCOCC1. The molecule has 1 saturated heterocycles. The minimum absolute atomic E-state index is 0.0372. The normalized spacial score (nSPS) is 25.1. The third-order valence-corrected chi connectivity index (χ3v) is 9.25. The molecule has 10 heteroatoms. The summed E-state index contributed by atoms with van der Waals surface area (Å²) < 4.78 is 28.8. The summed E-state index contributed by atoms with van der Waals surface area (Å²) in [6, 6.07) is 7.84. The second-order valence-electron chi connectivity index (χ2n) is 10.3. The molecular formula is C27H33CoN5O4. The van der Waals surface area contributed by atoms with Gasteiger partial charge in [-0.3, -0.25) is 0 Å². The van der Waals surface area contributed by atoms with Gasteiger partial charge in [-0.05, 0) is 0 Å². The third-order valence-electron chi connectivity index (χ3n) is 7.30. The molecule has 2 aliphatic rings. The van der Waals surface area contributed by atoms with Crippen molar-refractivity contribution < 1.29 is 31.9 Å². The van der Waals surface area contributed by atoms with E-state index < -0.39 is 19.8 Å². The molecular weight excluding hydrogens is 517 g/mol. The fourth-order valence-electron chi connectivity index (χ4n) is 5.59. The number of carbonyl (C=O) groups excluding carboxylic acids is 1. The van der Waals surface area contributed by atoms with Gasteiger partial charge in [0.25, 0.3) is 0 Å². The Hall–Kier alpha value is -2.84. The van der Waals surface area contributed by atoms with Crippen molar-refractivity contribution in [3.05, 3.63) is 46.8 Å². The van der Waals surface area contributed by atoms with Crippen LogP contribution in [-0.4, -0.2) is 56.9 Å². The summed E-state index contributed by atoms with van der Waals surface area (Å²) >= 11 is -2.14. The quantitative estimate of drug-likeness (QED) is 0.377. The van der Waals surface area contributed by atoms with E-state index in [0.717, 1.165) is 24.0 Å². The Balaban J connectivity index is 1.61. The number of H-pyrrole nitrogens is 1. The molecule has 2 aromatic heterocycles. The van der Waals surface area contributed by atoms with E-state index in [1.165, 1.54) is 4.52 Å². The second-order valence-corrected chi connectivity index (χ2v) is 12.1. The van der Waals surface area contributed by atoms with Gasteiger partial charge in [-0.15, -0.1) is 0 Å². The van der Waals surface area contributed by atoms with Crippen molar-refractivity contribution in [2.24, 2.45) is 17.8 Å². The zero-order valence-electron chi connectivity index (χ0n) is 21.6. The molecule has 9 nitrogen and oxygen atoms in total. The van der Waals surface area contributed by atoms with Crippen molar-refractivity contribution in [2.75, 3.05) is 26.3 Å². The number of nitrogens with one attached hydrogen (secondary N) is 1. The molecule has 0 amide bonds. The van der Waals surface area contributed by atoms with E-state index in [-0.39, 0.29) is 33.8 Å². The predicted octanol–water partition coefficient (Wildman–Crippen LogP) is 4.25. The molecule has 3 aromatic rings. The summed E-state index contributed by atoms with van der Waals surface area (Å²) in [5.74, 6) is 0.962. The van der Waals surface area contributed by atoms with Crippen molar-refractivity contribution in [2.45, 2.75) is 46.6 Å². The number of aryl methyl sites for hydroxylation is 1. The molecule has 37 heavy (non-hydrogen) atoms. The Bertz CT molecular complexity index is 1350. The van der Waals surface area contributed by atoms with Crippen molar-refractivity contribution >= 4 is 21.9 Å². The number of esters is 1. The number of ether oxygens (including phenoxy) is 2. The molecule has 2 atom stereocenters. The van der Waals surface area contributed by atoms with Crippen LogP contribution >= 0.6 is 0 Å². The standard InChI is InChI=1S/C23H25N4O2.C4H8NO.Co.O/c1-13-6-8-17(9-7-13)21-25-22-19(18(24-5)12-27(22)26-21)23(28)29-20-15(3)10-14(2)11-16(20)4;1-3-6-4-2-5-1;;/h6-9,14-16,20H,10-11H2,1-4H3,(H,25,26);1-4H2;;/q;-1;+1;. The van der Waals surface area contributed by atoms with Crippen molar-refractivity contribution in [1.29, 1.82) is 0 Å². The second kappa shape index (κ2) is 10.5. The topological polar surface area (TPSA) is 93.3 Å². The predicted molar refractivity (Wildman–Crippen MR) is 135 cm³/mol. The van der Waals surface area contributed by atoms with E-state index >= 15 is 0 Å². The molecule has 1 aromatic carbocycles. The molecule has 2 fully saturated rings. The van der Waals surface area contributed by atoms with E-state index in [1.54, 1.807) is 3.95 Å². The Morgan fingerprint density at radius 1 is 1.16 bits per heavy atom. The van der Waals surface area contributed by atoms with Gasteiger partial charge in [-0.25, -0.2) is 0 Å². The number of hydrogen-bond donors (Lipinski definition) is 1. The first-order chi connectivity index (χ1) is 17.8. The summed E-state index contributed by atoms with van der Waals surface area (Å²) in [5, 5.41) is 4.69. The first kappa shape index (κ1) is 25.8. The van der Waals surface area contributed by atoms with Gasteiger partial charge in [0.1, 0.15) is 0 Å². The van der Waals surface area contributed by atoms with Crippen LogP contribution < -0.4 is 4.63 Å². The Labute approximate surface area is 221 Å². The van der Waals surface area contributed by atoms with Crippen molar-refractivity contribution in [3.63, 3.8) is 0 Å². The van der Waals surface area contributed by atoms with E-state index in [0.29, 0.717) is 43.7 Å². The van der Waals surface area contributed by atoms with Crippen LogP contribution in [0.25, 0.3) is 21.9 Å². The van der Waals surface area contributed by atoms with Gasteiger partial charge >= 0.3 is 221 Å². The molecule has 1 N–H and O–H groups in total. The van der Waals surface area contributed by atoms with E-state index in [1.807, 2.05) is 31.2 Å². The zero-order chi connectivity index (χ0) is 26.3. The van der Waals surface area contributed by atoms with E-state index in [2.05, 4.69) is 30.6 Å². The maximum atomic E-state index is 13.8. The fraction of sp³-hybridized carbons (Fsp3) is 0.519. The Morgan fingerprint density at radius 3 is 2.43 bits per heavy atom. The minimum atomic E-state index is -2.14. The average molecular weight is 551 g/mol. The summed E-state index contributed by atoms with van der Waals surface area (Å²) in [6.45, 7) is 18.3. The molecule has 5 rings (SSSR count). The summed E-state index contributed by atoms with van der Waals surface area (Å²) in [7, 11) is 0. The first-order valence-electron chi connectivity index (χ1n) is 12.7. The summed E-state index contributed by atoms with van der Waals surface area (Å²) in [4.78, 5) is 20.7. The van der Waals surface area contributed by atoms with Gasteiger partial charge in [-0.1, -0.05) is 0 Å². The number of aromatic amines is 1. The fourth-order valence-corrected chi connectivity index (χ4v) is 7.27. The molecule has 2 unspecified atom stereocenters. The van der Waals surface area contributed by atoms with E-state index in [4.69, 9.17) is 21.1 Å². The third kappa shape index (κ3) is 4.89. The van der Waals surface area contributed by atoms with Crippen LogP contribution in [0.1, 0.15) is 49.5 Å². The number of carbonyl (C=O) groups is 1. The van der Waals surface area contributed by atoms with Gasteiger partial charge in [0, 0.05) is 0 Å². The molecule has 1 saturated carbocycles. The molecule has 1 aliphatic heterocycles. The van der Waals surface area contributed by atoms with Gasteiger partial charge in [0.2, 0.25) is 0 Å². The maximum absolute atomic E-state index is 13.8. The van der Waals surface area contributed by atoms with Crippen LogP contribution in [0.4, 0.5) is 5.69 Å². The van der Waals surface area contributed by atoms with Crippen LogP contribution in [0, 0.1) is 31.2 Å². The Kier molecular flexibility index (Phi) is 7.32. The van der Waals surface area contributed by atoms with Gasteiger partial charge in [-0.2, -0.15) is 0 Å². The van der Waals surface area contributed by atoms with Crippen LogP contribution in [0.3, 0.4) is 0 Å². The van der Waals surface area contributed by atoms with Crippen molar-refractivity contribution in [3.8, 4) is 11.4 Å². The van der Waals surface area contributed by atoms with Crippen molar-refractivity contribution in [1.82, 2.24) is 18.5 Å². The van der Waals surface area contributed by atoms with Crippen LogP contribution in [-0.2, 0) is 27.1 Å². The zero-order valence-corrected chi connectivity index (χ0v) is 22.7. The number of rotatable bonds is 5. The molecule has 0 spiro atoms. The van der Waals surface area contributed by atoms with Crippen LogP contribution in [0.5, 0.6) is 0 Å². The van der Waals surface area contributed by atoms with Crippen LogP contribution in [0.15, 0.2) is 24.3 Å². The molecule has 199 valence electrons. The molecule has 3 heterocycles. The number of fused-ring (bicyclic) bond motifs is 1. The number of hydrogen-bond acceptors (Lipinski definition) is 5. The number of benzene rings is 1. The summed E-state index contributed by atoms with van der Waals surface area (Å²) in [6.07, 6.45) is 1.73. The number of aromatic nitrogens is 3. The number of nitrogens with zero attached hydrogens (tertiary/aromatic N) is 4. The number of morpholine rings is 1. The monoisotopic (exact) mass is 550 g/mol. The first-order valence-corrected chi connectivity index (χ1v) is 14.1. The van der Waals surface area contributed by atoms with E-state index in [9.17, 15) is 8.66 Å². The average Bonchev–Trinajstić information content (AvgIpc) is 3.43. The van der Waals surface area contributed by atoms with Gasteiger partial charge < -0.3 is 0 Å². The molecule has 0 radical (unpaired) electrons.